The predicted molar refractivity (Wildman–Crippen MR) is 226 cm³/mol. The number of nitrogens with zero attached hydrogens (tertiary/aromatic N) is 3. The number of allylic oxidation sites excluding steroid dienone is 1. The third kappa shape index (κ3) is 5.89. The molecule has 6 aromatic rings. The van der Waals surface area contributed by atoms with Crippen LogP contribution in [0.25, 0.3) is 50.3 Å². The molecule has 6 heterocycles. The number of hydrogen-bond acceptors (Lipinski definition) is 2. The quantitative estimate of drug-likeness (QED) is 0.131. The van der Waals surface area contributed by atoms with Crippen LogP contribution in [0.2, 0.25) is 19.6 Å². The first-order valence-corrected chi connectivity index (χ1v) is 24.3. The van der Waals surface area contributed by atoms with E-state index in [1.165, 1.54) is 76.9 Å². The molecule has 4 nitrogen and oxygen atoms in total. The summed E-state index contributed by atoms with van der Waals surface area (Å²) in [6.45, 7) is 21.7. The van der Waals surface area contributed by atoms with Gasteiger partial charge in [0.2, 0.25) is 28.8 Å². The minimum absolute atomic E-state index is 0.0647. The molecule has 0 saturated heterocycles. The van der Waals surface area contributed by atoms with Crippen molar-refractivity contribution in [3.05, 3.63) is 114 Å². The number of fused-ring (bicyclic) bond motifs is 13. The van der Waals surface area contributed by atoms with Crippen molar-refractivity contribution in [3.63, 3.8) is 0 Å². The van der Waals surface area contributed by atoms with Crippen LogP contribution in [0.1, 0.15) is 118 Å². The molecule has 54 heavy (non-hydrogen) atoms. The lowest BCUT2D eigenvalue weighted by molar-refractivity contribution is -0.726. The van der Waals surface area contributed by atoms with Gasteiger partial charge in [0.05, 0.1) is 19.6 Å². The Morgan fingerprint density at radius 1 is 0.852 bits per heavy atom. The molecule has 4 aromatic heterocycles. The summed E-state index contributed by atoms with van der Waals surface area (Å²) in [6, 6.07) is 25.8. The van der Waals surface area contributed by atoms with E-state index >= 15 is 0 Å². The fraction of sp³-hybridized carbons (Fsp3) is 0.408. The number of pyridine rings is 3. The van der Waals surface area contributed by atoms with E-state index < -0.39 is 8.07 Å². The summed E-state index contributed by atoms with van der Waals surface area (Å²) < 4.78 is 12.0. The van der Waals surface area contributed by atoms with Crippen molar-refractivity contribution in [2.75, 3.05) is 0 Å². The third-order valence-corrected chi connectivity index (χ3v) is 15.0. The summed E-state index contributed by atoms with van der Waals surface area (Å²) in [6.07, 6.45) is 14.8. The highest BCUT2D eigenvalue weighted by Crippen LogP contribution is 2.47. The Morgan fingerprint density at radius 3 is 2.39 bits per heavy atom. The highest BCUT2D eigenvalue weighted by molar-refractivity contribution is 6.89. The molecule has 2 unspecified atom stereocenters. The van der Waals surface area contributed by atoms with Gasteiger partial charge in [0.15, 0.2) is 18.0 Å². The van der Waals surface area contributed by atoms with E-state index in [1.807, 2.05) is 0 Å². The van der Waals surface area contributed by atoms with Gasteiger partial charge >= 0.3 is 0 Å². The van der Waals surface area contributed by atoms with Crippen molar-refractivity contribution in [2.24, 2.45) is 5.92 Å². The maximum Gasteiger partial charge on any atom is 0.249 e. The van der Waals surface area contributed by atoms with Gasteiger partial charge in [-0.2, -0.15) is 9.13 Å². The Morgan fingerprint density at radius 2 is 1.63 bits per heavy atom. The van der Waals surface area contributed by atoms with Gasteiger partial charge in [0, 0.05) is 45.4 Å². The highest BCUT2D eigenvalue weighted by Gasteiger charge is 2.48. The Hall–Kier alpha value is -4.35. The Kier molecular flexibility index (Phi) is 8.80. The van der Waals surface area contributed by atoms with Crippen LogP contribution in [-0.4, -0.2) is 13.1 Å². The maximum absolute atomic E-state index is 6.93. The molecule has 2 aromatic carbocycles. The first kappa shape index (κ1) is 35.4. The number of benzene rings is 2. The molecule has 5 heteroatoms. The average Bonchev–Trinajstić information content (AvgIpc) is 3.55. The van der Waals surface area contributed by atoms with E-state index in [1.54, 1.807) is 5.19 Å². The summed E-state index contributed by atoms with van der Waals surface area (Å²) in [4.78, 5) is 5.05. The van der Waals surface area contributed by atoms with E-state index in [9.17, 15) is 0 Å². The standard InChI is InChI=1S/C49H57N3OSi/c1-30(2)41-28-43-37-17-13-12-16-36(37)38-20-18-35-19-21-39-40-22-23-42(31(3)4)50-49(40)53-48(39)46(35)44-27-34(26-33-14-10-9-11-15-33)24-25-51(44)32(5)47(38)52(43)29-45(41)54(6,7)8/h12-13,16-17,19,21-25,27-31,33,38,47H,5,9-11,14-15,18,20,26H2,1-4,6-8H3/q+2. The van der Waals surface area contributed by atoms with Crippen molar-refractivity contribution in [2.45, 2.75) is 122 Å². The summed E-state index contributed by atoms with van der Waals surface area (Å²) in [7, 11) is -1.69. The molecule has 2 aliphatic heterocycles. The molecule has 3 aliphatic rings. The van der Waals surface area contributed by atoms with Crippen molar-refractivity contribution in [1.29, 1.82) is 0 Å². The van der Waals surface area contributed by atoms with Gasteiger partial charge in [-0.05, 0) is 84.0 Å². The lowest BCUT2D eigenvalue weighted by atomic mass is 9.78. The minimum Gasteiger partial charge on any atom is -0.437 e. The number of rotatable bonds is 5. The fourth-order valence-corrected chi connectivity index (χ4v) is 11.9. The van der Waals surface area contributed by atoms with E-state index in [0.717, 1.165) is 58.6 Å². The van der Waals surface area contributed by atoms with Crippen molar-refractivity contribution >= 4 is 41.0 Å². The van der Waals surface area contributed by atoms with Crippen LogP contribution in [0, 0.1) is 5.92 Å². The normalized spacial score (nSPS) is 18.9. The lowest BCUT2D eigenvalue weighted by Crippen LogP contribution is -2.57. The van der Waals surface area contributed by atoms with Crippen LogP contribution in [0.5, 0.6) is 0 Å². The van der Waals surface area contributed by atoms with E-state index in [4.69, 9.17) is 16.0 Å². The van der Waals surface area contributed by atoms with Crippen LogP contribution in [0.4, 0.5) is 0 Å². The van der Waals surface area contributed by atoms with E-state index in [-0.39, 0.29) is 12.0 Å². The van der Waals surface area contributed by atoms with Crippen LogP contribution in [-0.2, 0) is 12.8 Å². The minimum atomic E-state index is -1.69. The Bertz CT molecular complexity index is 2440. The molecule has 0 radical (unpaired) electrons. The number of hydrogen-bond donors (Lipinski definition) is 0. The van der Waals surface area contributed by atoms with Gasteiger partial charge in [-0.15, -0.1) is 0 Å². The van der Waals surface area contributed by atoms with Crippen LogP contribution < -0.4 is 14.3 Å². The van der Waals surface area contributed by atoms with Crippen molar-refractivity contribution in [1.82, 2.24) is 4.98 Å². The zero-order chi connectivity index (χ0) is 37.5. The second-order valence-corrected chi connectivity index (χ2v) is 23.4. The van der Waals surface area contributed by atoms with E-state index in [2.05, 4.69) is 136 Å². The van der Waals surface area contributed by atoms with Gasteiger partial charge < -0.3 is 4.42 Å². The van der Waals surface area contributed by atoms with Crippen LogP contribution >= 0.6 is 0 Å². The van der Waals surface area contributed by atoms with Crippen molar-refractivity contribution < 1.29 is 13.6 Å². The lowest BCUT2D eigenvalue weighted by Gasteiger charge is -2.32. The van der Waals surface area contributed by atoms with Crippen molar-refractivity contribution in [3.8, 4) is 22.5 Å². The molecule has 1 fully saturated rings. The number of furan rings is 1. The molecule has 1 saturated carbocycles. The molecular formula is C49H57N3OSi+2. The third-order valence-electron chi connectivity index (χ3n) is 13.0. The first-order valence-electron chi connectivity index (χ1n) is 20.8. The molecule has 276 valence electrons. The highest BCUT2D eigenvalue weighted by atomic mass is 28.3. The zero-order valence-corrected chi connectivity index (χ0v) is 34.5. The second kappa shape index (κ2) is 13.4. The van der Waals surface area contributed by atoms with E-state index in [0.29, 0.717) is 11.8 Å². The van der Waals surface area contributed by atoms with Crippen LogP contribution in [0.3, 0.4) is 0 Å². The molecule has 0 bridgehead atoms. The molecular weight excluding hydrogens is 675 g/mol. The Balaban J connectivity index is 1.31. The molecule has 1 aliphatic carbocycles. The van der Waals surface area contributed by atoms with Gasteiger partial charge in [0.25, 0.3) is 0 Å². The number of aromatic nitrogens is 3. The zero-order valence-electron chi connectivity index (χ0n) is 33.5. The molecule has 2 atom stereocenters. The van der Waals surface area contributed by atoms with Gasteiger partial charge in [-0.3, -0.25) is 0 Å². The smallest absolute Gasteiger partial charge is 0.249 e. The van der Waals surface area contributed by atoms with Gasteiger partial charge in [-0.1, -0.05) is 110 Å². The summed E-state index contributed by atoms with van der Waals surface area (Å²) in [5.74, 6) is 1.80. The largest absolute Gasteiger partial charge is 0.437 e. The van der Waals surface area contributed by atoms with Gasteiger partial charge in [-0.25, -0.2) is 4.98 Å². The predicted octanol–water partition coefficient (Wildman–Crippen LogP) is 11.6. The summed E-state index contributed by atoms with van der Waals surface area (Å²) in [5.41, 5.74) is 14.7. The molecule has 0 N–H and O–H groups in total. The Labute approximate surface area is 323 Å². The molecule has 0 spiro atoms. The molecule has 0 amide bonds. The first-order chi connectivity index (χ1) is 26.0. The summed E-state index contributed by atoms with van der Waals surface area (Å²) in [5, 5.41) is 3.79. The second-order valence-electron chi connectivity index (χ2n) is 18.3. The topological polar surface area (TPSA) is 33.8 Å². The van der Waals surface area contributed by atoms with Gasteiger partial charge in [0.1, 0.15) is 0 Å². The average molecular weight is 732 g/mol. The number of aryl methyl sites for hydroxylation is 1. The summed E-state index contributed by atoms with van der Waals surface area (Å²) >= 11 is 0. The van der Waals surface area contributed by atoms with Crippen LogP contribution in [0.15, 0.2) is 90.1 Å². The fourth-order valence-electron chi connectivity index (χ4n) is 10.1. The molecule has 9 rings (SSSR count). The maximum atomic E-state index is 6.93. The monoisotopic (exact) mass is 731 g/mol. The SMILES string of the molecule is C=C1C2C(CCc3ccc4c(oc5nc(C(C)C)ccc54)c3-c3cc(CC4CCCCC4)cc[n+]31)c1ccccc1-c1cc(C(C)C)c([Si](C)(C)C)c[n+]12.